The summed E-state index contributed by atoms with van der Waals surface area (Å²) in [5.74, 6) is 0.302. The highest BCUT2D eigenvalue weighted by Gasteiger charge is 2.41. The van der Waals surface area contributed by atoms with Crippen LogP contribution in [0.2, 0.25) is 0 Å². The van der Waals surface area contributed by atoms with Gasteiger partial charge >= 0.3 is 0 Å². The zero-order valence-corrected chi connectivity index (χ0v) is 16.0. The molecular weight excluding hydrogens is 356 g/mol. The summed E-state index contributed by atoms with van der Waals surface area (Å²) in [6, 6.07) is 3.48. The molecule has 2 aliphatic heterocycles. The number of rotatable bonds is 3. The number of hydrogen-bond donors (Lipinski definition) is 1. The zero-order valence-electron chi connectivity index (χ0n) is 16.0. The molecule has 8 nitrogen and oxygen atoms in total. The van der Waals surface area contributed by atoms with Crippen molar-refractivity contribution in [3.05, 3.63) is 35.7 Å². The van der Waals surface area contributed by atoms with Gasteiger partial charge < -0.3 is 9.88 Å². The van der Waals surface area contributed by atoms with Gasteiger partial charge in [0.2, 0.25) is 0 Å². The molecule has 0 spiro atoms. The maximum atomic E-state index is 13.0. The van der Waals surface area contributed by atoms with Gasteiger partial charge in [-0.05, 0) is 52.0 Å². The second-order valence-electron chi connectivity index (χ2n) is 7.60. The van der Waals surface area contributed by atoms with Gasteiger partial charge in [-0.2, -0.15) is 5.10 Å². The van der Waals surface area contributed by atoms with Gasteiger partial charge in [-0.15, -0.1) is 0 Å². The molecule has 1 N–H and O–H groups in total. The van der Waals surface area contributed by atoms with Gasteiger partial charge in [-0.25, -0.2) is 4.98 Å². The smallest absolute Gasteiger partial charge is 0.261 e. The lowest BCUT2D eigenvalue weighted by Crippen LogP contribution is -2.46. The summed E-state index contributed by atoms with van der Waals surface area (Å²) in [4.78, 5) is 37.6. The molecule has 2 aromatic heterocycles. The number of nitrogens with zero attached hydrogens (tertiary/aromatic N) is 5. The third kappa shape index (κ3) is 2.56. The maximum absolute atomic E-state index is 13.0. The predicted molar refractivity (Wildman–Crippen MR) is 104 cm³/mol. The van der Waals surface area contributed by atoms with Crippen LogP contribution >= 0.6 is 0 Å². The standard InChI is InChI=1S/C20H22N6O2/c1-3-25-11-12(10-21-25)18-22-16-8-14-15(9-17(16)23-18)20(28)26(19(14)27)13-4-6-24(2)7-5-13/h8-11,13H,3-7H2,1-2H3,(H,22,23). The van der Waals surface area contributed by atoms with Crippen molar-refractivity contribution in [2.75, 3.05) is 20.1 Å². The first kappa shape index (κ1) is 17.1. The van der Waals surface area contributed by atoms with Gasteiger partial charge in [0, 0.05) is 18.8 Å². The third-order valence-corrected chi connectivity index (χ3v) is 5.80. The van der Waals surface area contributed by atoms with Crippen LogP contribution in [0.4, 0.5) is 0 Å². The van der Waals surface area contributed by atoms with Gasteiger partial charge in [0.25, 0.3) is 11.8 Å². The van der Waals surface area contributed by atoms with E-state index in [1.807, 2.05) is 17.8 Å². The highest BCUT2D eigenvalue weighted by molar-refractivity contribution is 6.23. The van der Waals surface area contributed by atoms with Crippen LogP contribution in [0.1, 0.15) is 40.5 Å². The van der Waals surface area contributed by atoms with Crippen molar-refractivity contribution < 1.29 is 9.59 Å². The van der Waals surface area contributed by atoms with Crippen molar-refractivity contribution in [1.29, 1.82) is 0 Å². The molecule has 5 rings (SSSR count). The molecule has 0 bridgehead atoms. The van der Waals surface area contributed by atoms with Crippen LogP contribution < -0.4 is 0 Å². The van der Waals surface area contributed by atoms with E-state index in [2.05, 4.69) is 27.0 Å². The topological polar surface area (TPSA) is 87.1 Å². The summed E-state index contributed by atoms with van der Waals surface area (Å²) in [7, 11) is 2.06. The molecule has 0 unspecified atom stereocenters. The van der Waals surface area contributed by atoms with Gasteiger partial charge in [0.05, 0.1) is 33.9 Å². The Hall–Kier alpha value is -3.00. The van der Waals surface area contributed by atoms with Gasteiger partial charge in [-0.3, -0.25) is 19.2 Å². The van der Waals surface area contributed by atoms with Gasteiger partial charge in [-0.1, -0.05) is 0 Å². The van der Waals surface area contributed by atoms with Crippen LogP contribution in [0, 0.1) is 0 Å². The minimum absolute atomic E-state index is 0.0228. The van der Waals surface area contributed by atoms with E-state index in [-0.39, 0.29) is 17.9 Å². The molecule has 0 aliphatic carbocycles. The van der Waals surface area contributed by atoms with Crippen LogP contribution in [-0.4, -0.2) is 67.5 Å². The highest BCUT2D eigenvalue weighted by Crippen LogP contribution is 2.32. The molecule has 1 saturated heterocycles. The Morgan fingerprint density at radius 1 is 1.14 bits per heavy atom. The van der Waals surface area contributed by atoms with Crippen molar-refractivity contribution in [3.63, 3.8) is 0 Å². The van der Waals surface area contributed by atoms with Crippen molar-refractivity contribution in [2.45, 2.75) is 32.4 Å². The molecule has 4 heterocycles. The Morgan fingerprint density at radius 3 is 2.54 bits per heavy atom. The number of aromatic nitrogens is 4. The van der Waals surface area contributed by atoms with E-state index < -0.39 is 0 Å². The number of likely N-dealkylation sites (tertiary alicyclic amines) is 1. The van der Waals surface area contributed by atoms with Crippen molar-refractivity contribution in [2.24, 2.45) is 0 Å². The van der Waals surface area contributed by atoms with E-state index >= 15 is 0 Å². The normalized spacial score (nSPS) is 18.4. The lowest BCUT2D eigenvalue weighted by atomic mass is 10.0. The summed E-state index contributed by atoms with van der Waals surface area (Å²) in [5, 5.41) is 4.27. The number of fused-ring (bicyclic) bond motifs is 2. The number of imidazole rings is 1. The Morgan fingerprint density at radius 2 is 1.86 bits per heavy atom. The number of carbonyl (C=O) groups is 2. The van der Waals surface area contributed by atoms with Crippen LogP contribution in [-0.2, 0) is 6.54 Å². The summed E-state index contributed by atoms with van der Waals surface area (Å²) in [6.45, 7) is 4.60. The lowest BCUT2D eigenvalue weighted by molar-refractivity contribution is 0.0516. The Balaban J connectivity index is 1.50. The molecule has 28 heavy (non-hydrogen) atoms. The summed E-state index contributed by atoms with van der Waals surface area (Å²) < 4.78 is 1.83. The fourth-order valence-corrected chi connectivity index (χ4v) is 4.14. The molecule has 144 valence electrons. The minimum atomic E-state index is -0.195. The van der Waals surface area contributed by atoms with E-state index in [1.165, 1.54) is 4.90 Å². The SMILES string of the molecule is CCn1cc(-c2nc3cc4c(cc3[nH]2)C(=O)N(C2CCN(C)CC2)C4=O)cn1. The molecule has 1 aromatic carbocycles. The number of nitrogens with one attached hydrogen (secondary N) is 1. The molecule has 0 atom stereocenters. The second-order valence-corrected chi connectivity index (χ2v) is 7.60. The number of piperidine rings is 1. The summed E-state index contributed by atoms with van der Waals surface area (Å²) in [5.41, 5.74) is 3.24. The second kappa shape index (κ2) is 6.27. The number of benzene rings is 1. The quantitative estimate of drug-likeness (QED) is 0.706. The fraction of sp³-hybridized carbons (Fsp3) is 0.400. The lowest BCUT2D eigenvalue weighted by Gasteiger charge is -2.33. The van der Waals surface area contributed by atoms with Gasteiger partial charge in [0.15, 0.2) is 0 Å². The molecule has 1 fully saturated rings. The number of hydrogen-bond acceptors (Lipinski definition) is 5. The minimum Gasteiger partial charge on any atom is -0.338 e. The molecule has 0 saturated carbocycles. The van der Waals surface area contributed by atoms with E-state index in [1.54, 1.807) is 18.3 Å². The Bertz CT molecular complexity index is 1040. The molecule has 3 aromatic rings. The first-order valence-corrected chi connectivity index (χ1v) is 9.68. The first-order chi connectivity index (χ1) is 13.5. The maximum Gasteiger partial charge on any atom is 0.261 e. The molecule has 2 aliphatic rings. The number of H-pyrrole nitrogens is 1. The summed E-state index contributed by atoms with van der Waals surface area (Å²) >= 11 is 0. The predicted octanol–water partition coefficient (Wildman–Crippen LogP) is 2.14. The molecule has 0 radical (unpaired) electrons. The number of aromatic amines is 1. The Labute approximate surface area is 162 Å². The number of aryl methyl sites for hydroxylation is 1. The third-order valence-electron chi connectivity index (χ3n) is 5.80. The van der Waals surface area contributed by atoms with E-state index in [9.17, 15) is 9.59 Å². The van der Waals surface area contributed by atoms with Crippen LogP contribution in [0.5, 0.6) is 0 Å². The number of amides is 2. The highest BCUT2D eigenvalue weighted by atomic mass is 16.2. The Kier molecular flexibility index (Phi) is 3.83. The fourth-order valence-electron chi connectivity index (χ4n) is 4.14. The molecule has 8 heteroatoms. The average molecular weight is 378 g/mol. The van der Waals surface area contributed by atoms with Crippen LogP contribution in [0.3, 0.4) is 0 Å². The van der Waals surface area contributed by atoms with Crippen LogP contribution in [0.25, 0.3) is 22.4 Å². The number of imide groups is 1. The molecular formula is C20H22N6O2. The van der Waals surface area contributed by atoms with Crippen molar-refractivity contribution >= 4 is 22.8 Å². The zero-order chi connectivity index (χ0) is 19.4. The van der Waals surface area contributed by atoms with E-state index in [4.69, 9.17) is 0 Å². The largest absolute Gasteiger partial charge is 0.338 e. The molecule has 2 amide bonds. The van der Waals surface area contributed by atoms with Crippen LogP contribution in [0.15, 0.2) is 24.5 Å². The van der Waals surface area contributed by atoms with Crippen molar-refractivity contribution in [1.82, 2.24) is 29.5 Å². The van der Waals surface area contributed by atoms with E-state index in [0.717, 1.165) is 43.6 Å². The van der Waals surface area contributed by atoms with Gasteiger partial charge in [0.1, 0.15) is 5.82 Å². The van der Waals surface area contributed by atoms with Crippen molar-refractivity contribution in [3.8, 4) is 11.4 Å². The summed E-state index contributed by atoms with van der Waals surface area (Å²) in [6.07, 6.45) is 5.32. The first-order valence-electron chi connectivity index (χ1n) is 9.68. The monoisotopic (exact) mass is 378 g/mol. The van der Waals surface area contributed by atoms with E-state index in [0.29, 0.717) is 22.5 Å². The average Bonchev–Trinajstić information content (AvgIpc) is 3.39. The number of carbonyl (C=O) groups excluding carboxylic acids is 2.